The van der Waals surface area contributed by atoms with Gasteiger partial charge >= 0.3 is 0 Å². The van der Waals surface area contributed by atoms with Gasteiger partial charge in [-0.3, -0.25) is 14.2 Å². The zero-order valence-electron chi connectivity index (χ0n) is 16.6. The number of hydrogen-bond acceptors (Lipinski definition) is 5. The number of nitrogens with one attached hydrogen (secondary N) is 1. The molecular weight excluding hydrogens is 374 g/mol. The molecule has 0 spiro atoms. The lowest BCUT2D eigenvalue weighted by Crippen LogP contribution is -2.40. The molecule has 152 valence electrons. The van der Waals surface area contributed by atoms with Crippen molar-refractivity contribution in [2.75, 3.05) is 13.7 Å². The number of carbonyl (C=O) groups excluding carboxylic acids is 1. The molecule has 3 rings (SSSR count). The van der Waals surface area contributed by atoms with Crippen LogP contribution in [0.5, 0.6) is 0 Å². The van der Waals surface area contributed by atoms with Gasteiger partial charge in [-0.2, -0.15) is 0 Å². The van der Waals surface area contributed by atoms with Crippen LogP contribution in [-0.2, 0) is 16.1 Å². The van der Waals surface area contributed by atoms with E-state index in [4.69, 9.17) is 4.74 Å². The maximum Gasteiger partial charge on any atom is 0.262 e. The molecule has 1 atom stereocenters. The molecule has 1 fully saturated rings. The summed E-state index contributed by atoms with van der Waals surface area (Å²) < 4.78 is 6.80. The van der Waals surface area contributed by atoms with Gasteiger partial charge < -0.3 is 10.1 Å². The van der Waals surface area contributed by atoms with E-state index in [1.54, 1.807) is 17.7 Å². The van der Waals surface area contributed by atoms with Gasteiger partial charge in [0.1, 0.15) is 0 Å². The number of fused-ring (bicyclic) bond motifs is 1. The monoisotopic (exact) mass is 403 g/mol. The Morgan fingerprint density at radius 2 is 2.07 bits per heavy atom. The van der Waals surface area contributed by atoms with Gasteiger partial charge in [-0.15, -0.1) is 0 Å². The van der Waals surface area contributed by atoms with Crippen LogP contribution in [0, 0.1) is 0 Å². The predicted octanol–water partition coefficient (Wildman–Crippen LogP) is 3.36. The van der Waals surface area contributed by atoms with E-state index in [-0.39, 0.29) is 22.8 Å². The van der Waals surface area contributed by atoms with Crippen molar-refractivity contribution >= 4 is 28.6 Å². The van der Waals surface area contributed by atoms with Gasteiger partial charge in [0.2, 0.25) is 5.91 Å². The number of rotatable bonds is 8. The molecule has 1 N–H and O–H groups in total. The topological polar surface area (TPSA) is 73.2 Å². The molecule has 1 heterocycles. The molecule has 1 amide bonds. The van der Waals surface area contributed by atoms with E-state index in [1.165, 1.54) is 31.0 Å². The minimum Gasteiger partial charge on any atom is -0.385 e. The summed E-state index contributed by atoms with van der Waals surface area (Å²) >= 11 is 1.35. The fourth-order valence-electron chi connectivity index (χ4n) is 3.58. The normalized spacial score (nSPS) is 16.2. The molecule has 1 aliphatic rings. The highest BCUT2D eigenvalue weighted by Gasteiger charge is 2.22. The molecular formula is C21H29N3O3S. The van der Waals surface area contributed by atoms with Crippen molar-refractivity contribution in [3.05, 3.63) is 34.6 Å². The summed E-state index contributed by atoms with van der Waals surface area (Å²) in [5, 5.41) is 4.04. The first kappa shape index (κ1) is 20.9. The molecule has 7 heteroatoms. The van der Waals surface area contributed by atoms with Crippen LogP contribution in [0.25, 0.3) is 10.9 Å². The minimum atomic E-state index is -0.316. The second kappa shape index (κ2) is 10.1. The summed E-state index contributed by atoms with van der Waals surface area (Å²) in [6, 6.07) is 7.63. The van der Waals surface area contributed by atoms with E-state index >= 15 is 0 Å². The van der Waals surface area contributed by atoms with Crippen LogP contribution in [0.1, 0.15) is 45.4 Å². The fraction of sp³-hybridized carbons (Fsp3) is 0.571. The Bertz CT molecular complexity index is 862. The number of aromatic nitrogens is 2. The second-order valence-electron chi connectivity index (χ2n) is 7.32. The van der Waals surface area contributed by atoms with Crippen LogP contribution in [0.15, 0.2) is 34.2 Å². The standard InChI is InChI=1S/C21H29N3O3S/c1-15(19(25)22-16-9-4-3-5-10-16)28-21-23-18-12-7-6-11-17(18)20(26)24(21)13-8-14-27-2/h6-7,11-12,15-16H,3-5,8-10,13-14H2,1-2H3,(H,22,25). The summed E-state index contributed by atoms with van der Waals surface area (Å²) in [7, 11) is 1.65. The first-order chi connectivity index (χ1) is 13.6. The van der Waals surface area contributed by atoms with Crippen molar-refractivity contribution in [3.63, 3.8) is 0 Å². The molecule has 1 aliphatic carbocycles. The molecule has 1 aromatic carbocycles. The molecule has 28 heavy (non-hydrogen) atoms. The average Bonchev–Trinajstić information content (AvgIpc) is 2.71. The van der Waals surface area contributed by atoms with Crippen LogP contribution in [0.3, 0.4) is 0 Å². The van der Waals surface area contributed by atoms with E-state index in [0.29, 0.717) is 35.6 Å². The van der Waals surface area contributed by atoms with E-state index in [9.17, 15) is 9.59 Å². The summed E-state index contributed by atoms with van der Waals surface area (Å²) in [4.78, 5) is 30.3. The first-order valence-electron chi connectivity index (χ1n) is 10.1. The van der Waals surface area contributed by atoms with Crippen LogP contribution >= 0.6 is 11.8 Å². The molecule has 0 bridgehead atoms. The summed E-state index contributed by atoms with van der Waals surface area (Å²) in [6.45, 7) is 2.97. The van der Waals surface area contributed by atoms with Gasteiger partial charge in [-0.05, 0) is 38.3 Å². The third-order valence-corrected chi connectivity index (χ3v) is 6.25. The number of methoxy groups -OCH3 is 1. The maximum atomic E-state index is 13.0. The minimum absolute atomic E-state index is 0.0164. The second-order valence-corrected chi connectivity index (χ2v) is 8.63. The number of amides is 1. The lowest BCUT2D eigenvalue weighted by atomic mass is 9.95. The maximum absolute atomic E-state index is 13.0. The molecule has 2 aromatic rings. The summed E-state index contributed by atoms with van der Waals surface area (Å²) in [6.07, 6.45) is 6.44. The lowest BCUT2D eigenvalue weighted by molar-refractivity contribution is -0.121. The zero-order valence-corrected chi connectivity index (χ0v) is 17.5. The number of hydrogen-bond donors (Lipinski definition) is 1. The highest BCUT2D eigenvalue weighted by atomic mass is 32.2. The quantitative estimate of drug-likeness (QED) is 0.416. The van der Waals surface area contributed by atoms with Crippen LogP contribution in [0.4, 0.5) is 0 Å². The highest BCUT2D eigenvalue weighted by Crippen LogP contribution is 2.24. The van der Waals surface area contributed by atoms with Gasteiger partial charge in [0.25, 0.3) is 5.56 Å². The average molecular weight is 404 g/mol. The van der Waals surface area contributed by atoms with Crippen molar-refractivity contribution in [3.8, 4) is 0 Å². The van der Waals surface area contributed by atoms with Crippen molar-refractivity contribution in [1.29, 1.82) is 0 Å². The molecule has 0 saturated heterocycles. The van der Waals surface area contributed by atoms with E-state index in [0.717, 1.165) is 12.8 Å². The lowest BCUT2D eigenvalue weighted by Gasteiger charge is -2.24. The summed E-state index contributed by atoms with van der Waals surface area (Å²) in [5.74, 6) is 0.0164. The van der Waals surface area contributed by atoms with Gasteiger partial charge in [-0.25, -0.2) is 4.98 Å². The number of thioether (sulfide) groups is 1. The number of carbonyl (C=O) groups is 1. The largest absolute Gasteiger partial charge is 0.385 e. The first-order valence-corrected chi connectivity index (χ1v) is 10.9. The van der Waals surface area contributed by atoms with E-state index < -0.39 is 0 Å². The third kappa shape index (κ3) is 5.14. The van der Waals surface area contributed by atoms with Gasteiger partial charge in [0.15, 0.2) is 5.16 Å². The highest BCUT2D eigenvalue weighted by molar-refractivity contribution is 8.00. The Hall–Kier alpha value is -1.86. The Labute approximate surface area is 170 Å². The smallest absolute Gasteiger partial charge is 0.262 e. The van der Waals surface area contributed by atoms with Crippen molar-refractivity contribution in [2.24, 2.45) is 0 Å². The zero-order chi connectivity index (χ0) is 19.9. The van der Waals surface area contributed by atoms with Gasteiger partial charge in [0.05, 0.1) is 16.2 Å². The Morgan fingerprint density at radius 3 is 2.82 bits per heavy atom. The number of nitrogens with zero attached hydrogens (tertiary/aromatic N) is 2. The molecule has 1 unspecified atom stereocenters. The van der Waals surface area contributed by atoms with E-state index in [1.807, 2.05) is 25.1 Å². The number of para-hydroxylation sites is 1. The van der Waals surface area contributed by atoms with Crippen LogP contribution < -0.4 is 10.9 Å². The number of ether oxygens (including phenoxy) is 1. The Morgan fingerprint density at radius 1 is 1.32 bits per heavy atom. The molecule has 1 aromatic heterocycles. The summed E-state index contributed by atoms with van der Waals surface area (Å²) in [5.41, 5.74) is 0.599. The van der Waals surface area contributed by atoms with Crippen molar-refractivity contribution in [1.82, 2.24) is 14.9 Å². The van der Waals surface area contributed by atoms with E-state index in [2.05, 4.69) is 10.3 Å². The molecule has 6 nitrogen and oxygen atoms in total. The Kier molecular flexibility index (Phi) is 7.50. The number of benzene rings is 1. The molecule has 0 aliphatic heterocycles. The molecule has 0 radical (unpaired) electrons. The van der Waals surface area contributed by atoms with Gasteiger partial charge in [0, 0.05) is 26.3 Å². The molecule has 1 saturated carbocycles. The van der Waals surface area contributed by atoms with Gasteiger partial charge in [-0.1, -0.05) is 43.2 Å². The SMILES string of the molecule is COCCCn1c(SC(C)C(=O)NC2CCCCC2)nc2ccccc2c1=O. The fourth-order valence-corrected chi connectivity index (χ4v) is 4.52. The van der Waals surface area contributed by atoms with Crippen LogP contribution in [0.2, 0.25) is 0 Å². The van der Waals surface area contributed by atoms with Crippen molar-refractivity contribution < 1.29 is 9.53 Å². The van der Waals surface area contributed by atoms with Crippen molar-refractivity contribution in [2.45, 2.75) is 68.4 Å². The van der Waals surface area contributed by atoms with Crippen LogP contribution in [-0.4, -0.2) is 40.5 Å². The predicted molar refractivity (Wildman–Crippen MR) is 113 cm³/mol. The third-order valence-electron chi connectivity index (χ3n) is 5.16. The Balaban J connectivity index is 1.80.